The standard InChI is InChI=1S/2C13H9.2CH3O.Ti/c2*1-3-7-12-10(5-1)9-11-6-2-4-8-13(11)12;2*1-2;/h2*1-9H;2*1H3;/q4*-1;+4. The van der Waals surface area contributed by atoms with E-state index in [4.69, 9.17) is 10.2 Å². The maximum absolute atomic E-state index is 8.25. The SMILES string of the molecule is C[O-].C[O-].[Ti+4].c1ccc2c(c1)[cH-]c1ccccc12.c1ccc2c(c1)[cH-]c1ccccc12. The first-order chi connectivity index (χ1) is 14.9. The van der Waals surface area contributed by atoms with Gasteiger partial charge < -0.3 is 10.2 Å². The molecule has 0 radical (unpaired) electrons. The molecule has 0 unspecified atom stereocenters. The molecular formula is C28H24O2Ti. The molecule has 0 heterocycles. The zero-order chi connectivity index (χ0) is 21.3. The van der Waals surface area contributed by atoms with Crippen LogP contribution in [-0.4, -0.2) is 14.2 Å². The Hall–Kier alpha value is -2.75. The molecule has 0 aliphatic heterocycles. The molecule has 6 rings (SSSR count). The van der Waals surface area contributed by atoms with E-state index in [-0.39, 0.29) is 21.7 Å². The first-order valence-electron chi connectivity index (χ1n) is 9.78. The fraction of sp³-hybridized carbons (Fsp3) is 0.0714. The second kappa shape index (κ2) is 12.2. The van der Waals surface area contributed by atoms with Crippen LogP contribution in [-0.2, 0) is 21.7 Å². The van der Waals surface area contributed by atoms with Crippen molar-refractivity contribution >= 4 is 43.1 Å². The van der Waals surface area contributed by atoms with Crippen molar-refractivity contribution in [1.29, 1.82) is 0 Å². The van der Waals surface area contributed by atoms with E-state index < -0.39 is 0 Å². The summed E-state index contributed by atoms with van der Waals surface area (Å²) in [6.45, 7) is 0. The van der Waals surface area contributed by atoms with Crippen molar-refractivity contribution < 1.29 is 31.9 Å². The molecule has 0 saturated heterocycles. The van der Waals surface area contributed by atoms with Crippen LogP contribution in [0.15, 0.2) is 109 Å². The molecule has 0 aliphatic rings. The van der Waals surface area contributed by atoms with Gasteiger partial charge in [-0.15, -0.1) is 79.5 Å². The molecule has 152 valence electrons. The predicted octanol–water partition coefficient (Wildman–Crippen LogP) is 5.37. The van der Waals surface area contributed by atoms with E-state index in [1.54, 1.807) is 0 Å². The molecule has 6 aromatic carbocycles. The van der Waals surface area contributed by atoms with Crippen molar-refractivity contribution in [2.75, 3.05) is 14.2 Å². The van der Waals surface area contributed by atoms with E-state index in [1.807, 2.05) is 0 Å². The van der Waals surface area contributed by atoms with E-state index in [0.29, 0.717) is 0 Å². The van der Waals surface area contributed by atoms with Gasteiger partial charge in [0.15, 0.2) is 0 Å². The summed E-state index contributed by atoms with van der Waals surface area (Å²) in [5, 5.41) is 27.3. The molecule has 0 bridgehead atoms. The Morgan fingerprint density at radius 1 is 0.387 bits per heavy atom. The Labute approximate surface area is 198 Å². The van der Waals surface area contributed by atoms with Crippen molar-refractivity contribution in [3.63, 3.8) is 0 Å². The third-order valence-corrected chi connectivity index (χ3v) is 5.05. The molecule has 0 spiro atoms. The molecule has 0 N–H and O–H groups in total. The number of fused-ring (bicyclic) bond motifs is 6. The van der Waals surface area contributed by atoms with Crippen LogP contribution in [0.3, 0.4) is 0 Å². The smallest absolute Gasteiger partial charge is 0.857 e. The number of benzene rings is 4. The Kier molecular flexibility index (Phi) is 9.64. The summed E-state index contributed by atoms with van der Waals surface area (Å²) in [4.78, 5) is 0. The predicted molar refractivity (Wildman–Crippen MR) is 126 cm³/mol. The first-order valence-corrected chi connectivity index (χ1v) is 9.78. The van der Waals surface area contributed by atoms with Crippen molar-refractivity contribution in [1.82, 2.24) is 0 Å². The first kappa shape index (κ1) is 24.5. The minimum atomic E-state index is 0. The number of hydrogen-bond donors (Lipinski definition) is 0. The Balaban J connectivity index is 0.000000185. The van der Waals surface area contributed by atoms with E-state index in [2.05, 4.69) is 109 Å². The Bertz CT molecular complexity index is 1140. The Morgan fingerprint density at radius 3 is 0.806 bits per heavy atom. The molecular weight excluding hydrogens is 416 g/mol. The average molecular weight is 440 g/mol. The second-order valence-corrected chi connectivity index (χ2v) is 6.64. The normalized spacial score (nSPS) is 9.68. The monoisotopic (exact) mass is 440 g/mol. The van der Waals surface area contributed by atoms with E-state index in [0.717, 1.165) is 14.2 Å². The van der Waals surface area contributed by atoms with Gasteiger partial charge in [-0.3, -0.25) is 0 Å². The van der Waals surface area contributed by atoms with Crippen LogP contribution in [0, 0.1) is 0 Å². The van der Waals surface area contributed by atoms with Crippen molar-refractivity contribution in [3.05, 3.63) is 109 Å². The van der Waals surface area contributed by atoms with Crippen LogP contribution < -0.4 is 10.2 Å². The fourth-order valence-electron chi connectivity index (χ4n) is 3.81. The van der Waals surface area contributed by atoms with Crippen LogP contribution in [0.25, 0.3) is 43.1 Å². The zero-order valence-electron chi connectivity index (χ0n) is 17.7. The summed E-state index contributed by atoms with van der Waals surface area (Å²) in [5.41, 5.74) is 0. The minimum absolute atomic E-state index is 0. The van der Waals surface area contributed by atoms with Gasteiger partial charge in [0, 0.05) is 0 Å². The fourth-order valence-corrected chi connectivity index (χ4v) is 3.81. The van der Waals surface area contributed by atoms with Crippen LogP contribution in [0.1, 0.15) is 0 Å². The van der Waals surface area contributed by atoms with Gasteiger partial charge in [0.1, 0.15) is 0 Å². The molecule has 2 nitrogen and oxygen atoms in total. The van der Waals surface area contributed by atoms with Crippen LogP contribution in [0.5, 0.6) is 0 Å². The van der Waals surface area contributed by atoms with Gasteiger partial charge in [-0.1, -0.05) is 72.8 Å². The van der Waals surface area contributed by atoms with Gasteiger partial charge in [-0.2, -0.15) is 14.2 Å². The van der Waals surface area contributed by atoms with E-state index >= 15 is 0 Å². The van der Waals surface area contributed by atoms with Crippen molar-refractivity contribution in [2.24, 2.45) is 0 Å². The van der Waals surface area contributed by atoms with Gasteiger partial charge in [0.05, 0.1) is 0 Å². The molecule has 31 heavy (non-hydrogen) atoms. The van der Waals surface area contributed by atoms with Crippen LogP contribution >= 0.6 is 0 Å². The molecule has 0 fully saturated rings. The molecule has 0 atom stereocenters. The second-order valence-electron chi connectivity index (χ2n) is 6.64. The summed E-state index contributed by atoms with van der Waals surface area (Å²) in [6.07, 6.45) is 0. The summed E-state index contributed by atoms with van der Waals surface area (Å²) in [5.74, 6) is 0. The molecule has 0 aliphatic carbocycles. The van der Waals surface area contributed by atoms with E-state index in [1.165, 1.54) is 43.1 Å². The molecule has 6 aromatic rings. The average Bonchev–Trinajstić information content (AvgIpc) is 3.40. The van der Waals surface area contributed by atoms with Crippen LogP contribution in [0.2, 0.25) is 0 Å². The minimum Gasteiger partial charge on any atom is -0.857 e. The largest absolute Gasteiger partial charge is 4.00 e. The summed E-state index contributed by atoms with van der Waals surface area (Å²) < 4.78 is 0. The molecule has 0 amide bonds. The number of rotatable bonds is 0. The molecule has 0 saturated carbocycles. The quantitative estimate of drug-likeness (QED) is 0.235. The van der Waals surface area contributed by atoms with Crippen molar-refractivity contribution in [2.45, 2.75) is 0 Å². The van der Waals surface area contributed by atoms with E-state index in [9.17, 15) is 0 Å². The zero-order valence-corrected chi connectivity index (χ0v) is 19.3. The number of hydrogen-bond acceptors (Lipinski definition) is 2. The van der Waals surface area contributed by atoms with Gasteiger partial charge >= 0.3 is 21.7 Å². The molecule has 0 aromatic heterocycles. The molecule has 3 heteroatoms. The summed E-state index contributed by atoms with van der Waals surface area (Å²) >= 11 is 0. The third-order valence-electron chi connectivity index (χ3n) is 5.05. The maximum Gasteiger partial charge on any atom is 4.00 e. The van der Waals surface area contributed by atoms with Gasteiger partial charge in [0.25, 0.3) is 0 Å². The summed E-state index contributed by atoms with van der Waals surface area (Å²) in [6, 6.07) is 38.5. The Morgan fingerprint density at radius 2 is 0.581 bits per heavy atom. The van der Waals surface area contributed by atoms with Gasteiger partial charge in [0.2, 0.25) is 0 Å². The van der Waals surface area contributed by atoms with Crippen molar-refractivity contribution in [3.8, 4) is 0 Å². The third kappa shape index (κ3) is 5.30. The summed E-state index contributed by atoms with van der Waals surface area (Å²) in [7, 11) is 1.50. The van der Waals surface area contributed by atoms with Crippen LogP contribution in [0.4, 0.5) is 0 Å². The topological polar surface area (TPSA) is 46.1 Å². The van der Waals surface area contributed by atoms with Gasteiger partial charge in [-0.25, -0.2) is 0 Å². The maximum atomic E-state index is 8.25. The van der Waals surface area contributed by atoms with Gasteiger partial charge in [-0.05, 0) is 0 Å².